The van der Waals surface area contributed by atoms with Crippen molar-refractivity contribution >= 4 is 0 Å². The number of allylic oxidation sites excluding steroid dienone is 4. The van der Waals surface area contributed by atoms with E-state index in [0.717, 1.165) is 12.8 Å². The predicted octanol–water partition coefficient (Wildman–Crippen LogP) is 3.70. The summed E-state index contributed by atoms with van der Waals surface area (Å²) in [7, 11) is 0. The summed E-state index contributed by atoms with van der Waals surface area (Å²) in [6, 6.07) is 0. The molecule has 0 radical (unpaired) electrons. The van der Waals surface area contributed by atoms with Crippen molar-refractivity contribution in [3.63, 3.8) is 0 Å². The molecule has 1 heteroatoms. The number of rotatable bonds is 5. The molecule has 0 heterocycles. The van der Waals surface area contributed by atoms with Gasteiger partial charge in [0.2, 0.25) is 0 Å². The first kappa shape index (κ1) is 15.0. The van der Waals surface area contributed by atoms with Crippen LogP contribution < -0.4 is 0 Å². The second-order valence-electron chi connectivity index (χ2n) is 5.02. The molecule has 0 aromatic rings. The van der Waals surface area contributed by atoms with Gasteiger partial charge in [0.25, 0.3) is 0 Å². The molecule has 0 rings (SSSR count). The van der Waals surface area contributed by atoms with Crippen LogP contribution in [-0.2, 0) is 0 Å². The monoisotopic (exact) mass is 220 g/mol. The Labute approximate surface area is 100 Å². The van der Waals surface area contributed by atoms with Gasteiger partial charge >= 0.3 is 0 Å². The zero-order chi connectivity index (χ0) is 12.8. The van der Waals surface area contributed by atoms with Gasteiger partial charge < -0.3 is 5.11 Å². The fourth-order valence-electron chi connectivity index (χ4n) is 1.43. The molecule has 16 heavy (non-hydrogen) atoms. The first-order chi connectivity index (χ1) is 7.29. The van der Waals surface area contributed by atoms with Crippen molar-refractivity contribution in [2.24, 2.45) is 5.92 Å². The van der Waals surface area contributed by atoms with Crippen LogP contribution in [0.25, 0.3) is 0 Å². The van der Waals surface area contributed by atoms with Crippen molar-refractivity contribution in [3.8, 4) is 12.3 Å². The van der Waals surface area contributed by atoms with Crippen molar-refractivity contribution in [1.82, 2.24) is 0 Å². The van der Waals surface area contributed by atoms with Crippen molar-refractivity contribution in [2.75, 3.05) is 0 Å². The summed E-state index contributed by atoms with van der Waals surface area (Å²) in [5.41, 5.74) is 1.49. The van der Waals surface area contributed by atoms with Crippen LogP contribution in [0, 0.1) is 18.3 Å². The zero-order valence-corrected chi connectivity index (χ0v) is 11.2. The van der Waals surface area contributed by atoms with E-state index in [1.54, 1.807) is 6.92 Å². The van der Waals surface area contributed by atoms with Gasteiger partial charge in [0.15, 0.2) is 0 Å². The number of terminal acetylenes is 1. The average Bonchev–Trinajstić information content (AvgIpc) is 2.16. The van der Waals surface area contributed by atoms with Crippen molar-refractivity contribution in [2.45, 2.75) is 53.1 Å². The fraction of sp³-hybridized carbons (Fsp3) is 0.600. The van der Waals surface area contributed by atoms with E-state index in [2.05, 4.69) is 45.8 Å². The lowest BCUT2D eigenvalue weighted by Crippen LogP contribution is -2.32. The zero-order valence-electron chi connectivity index (χ0n) is 11.2. The summed E-state index contributed by atoms with van der Waals surface area (Å²) in [5.74, 6) is 2.57. The van der Waals surface area contributed by atoms with Crippen LogP contribution in [0.5, 0.6) is 0 Å². The van der Waals surface area contributed by atoms with Gasteiger partial charge in [-0.25, -0.2) is 0 Å². The molecule has 90 valence electrons. The van der Waals surface area contributed by atoms with Crippen molar-refractivity contribution < 1.29 is 5.11 Å². The lowest BCUT2D eigenvalue weighted by molar-refractivity contribution is 0.0582. The highest BCUT2D eigenvalue weighted by molar-refractivity contribution is 5.12. The van der Waals surface area contributed by atoms with Gasteiger partial charge in [-0.05, 0) is 47.5 Å². The molecule has 0 saturated heterocycles. The van der Waals surface area contributed by atoms with Gasteiger partial charge in [0, 0.05) is 5.92 Å². The van der Waals surface area contributed by atoms with E-state index in [9.17, 15) is 5.11 Å². The fourth-order valence-corrected chi connectivity index (χ4v) is 1.43. The van der Waals surface area contributed by atoms with Crippen LogP contribution in [0.4, 0.5) is 0 Å². The second-order valence-corrected chi connectivity index (χ2v) is 5.02. The molecule has 1 nitrogen and oxygen atoms in total. The third kappa shape index (κ3) is 5.78. The smallest absolute Gasteiger partial charge is 0.125 e. The second kappa shape index (κ2) is 6.55. The Balaban J connectivity index is 4.72. The molecule has 0 aliphatic heterocycles. The van der Waals surface area contributed by atoms with Crippen molar-refractivity contribution in [1.29, 1.82) is 0 Å². The van der Waals surface area contributed by atoms with E-state index in [1.165, 1.54) is 11.1 Å². The number of hydrogen-bond donors (Lipinski definition) is 1. The lowest BCUT2D eigenvalue weighted by Gasteiger charge is -2.26. The Morgan fingerprint density at radius 2 is 1.56 bits per heavy atom. The van der Waals surface area contributed by atoms with Gasteiger partial charge in [-0.2, -0.15) is 0 Å². The Kier molecular flexibility index (Phi) is 6.14. The summed E-state index contributed by atoms with van der Waals surface area (Å²) in [4.78, 5) is 0. The molecule has 0 amide bonds. The topological polar surface area (TPSA) is 20.2 Å². The minimum atomic E-state index is -1.03. The third-order valence-corrected chi connectivity index (χ3v) is 2.71. The maximum Gasteiger partial charge on any atom is 0.125 e. The molecule has 0 aromatic heterocycles. The highest BCUT2D eigenvalue weighted by Gasteiger charge is 2.27. The average molecular weight is 220 g/mol. The third-order valence-electron chi connectivity index (χ3n) is 2.71. The van der Waals surface area contributed by atoms with Crippen molar-refractivity contribution in [3.05, 3.63) is 23.3 Å². The van der Waals surface area contributed by atoms with E-state index < -0.39 is 5.60 Å². The molecule has 0 aliphatic carbocycles. The van der Waals surface area contributed by atoms with Crippen LogP contribution >= 0.6 is 0 Å². The summed E-state index contributed by atoms with van der Waals surface area (Å²) in [6.07, 6.45) is 11.3. The van der Waals surface area contributed by atoms with Gasteiger partial charge in [0.05, 0.1) is 0 Å². The summed E-state index contributed by atoms with van der Waals surface area (Å²) in [6.45, 7) is 9.95. The molecule has 0 saturated carbocycles. The summed E-state index contributed by atoms with van der Waals surface area (Å²) in [5, 5.41) is 10.1. The maximum absolute atomic E-state index is 10.1. The Morgan fingerprint density at radius 3 is 1.81 bits per heavy atom. The first-order valence-corrected chi connectivity index (χ1v) is 5.76. The Hall–Kier alpha value is -1.00. The summed E-state index contributed by atoms with van der Waals surface area (Å²) >= 11 is 0. The molecule has 0 spiro atoms. The number of aliphatic hydroxyl groups is 1. The van der Waals surface area contributed by atoms with E-state index in [4.69, 9.17) is 6.42 Å². The standard InChI is InChI=1S/C15H24O/c1-7-15(6,16)14(10-8-12(2)3)11-9-13(4)5/h1,8-9,14,16H,10-11H2,2-6H3/t15-/m1/s1. The van der Waals surface area contributed by atoms with Gasteiger partial charge in [-0.3, -0.25) is 0 Å². The van der Waals surface area contributed by atoms with Gasteiger partial charge in [0.1, 0.15) is 5.60 Å². The van der Waals surface area contributed by atoms with Crippen LogP contribution in [0.2, 0.25) is 0 Å². The van der Waals surface area contributed by atoms with Gasteiger partial charge in [-0.1, -0.05) is 29.2 Å². The minimum absolute atomic E-state index is 0.0855. The molecule has 0 bridgehead atoms. The molecule has 0 fully saturated rings. The van der Waals surface area contributed by atoms with Crippen LogP contribution in [-0.4, -0.2) is 10.7 Å². The van der Waals surface area contributed by atoms with Crippen LogP contribution in [0.1, 0.15) is 47.5 Å². The highest BCUT2D eigenvalue weighted by Crippen LogP contribution is 2.25. The highest BCUT2D eigenvalue weighted by atomic mass is 16.3. The molecular weight excluding hydrogens is 196 g/mol. The predicted molar refractivity (Wildman–Crippen MR) is 71.0 cm³/mol. The quantitative estimate of drug-likeness (QED) is 0.553. The molecule has 1 N–H and O–H groups in total. The number of hydrogen-bond acceptors (Lipinski definition) is 1. The molecule has 0 aliphatic rings. The lowest BCUT2D eigenvalue weighted by atomic mass is 9.83. The van der Waals surface area contributed by atoms with Crippen LogP contribution in [0.3, 0.4) is 0 Å². The first-order valence-electron chi connectivity index (χ1n) is 5.76. The normalized spacial score (nSPS) is 13.9. The molecule has 0 aromatic carbocycles. The SMILES string of the molecule is C#C[C@@](C)(O)C(CC=C(C)C)CC=C(C)C. The van der Waals surface area contributed by atoms with Crippen LogP contribution in [0.15, 0.2) is 23.3 Å². The molecular formula is C15H24O. The summed E-state index contributed by atoms with van der Waals surface area (Å²) < 4.78 is 0. The van der Waals surface area contributed by atoms with E-state index in [0.29, 0.717) is 0 Å². The van der Waals surface area contributed by atoms with Gasteiger partial charge in [-0.15, -0.1) is 6.42 Å². The maximum atomic E-state index is 10.1. The molecule has 0 unspecified atom stereocenters. The van der Waals surface area contributed by atoms with E-state index in [-0.39, 0.29) is 5.92 Å². The van der Waals surface area contributed by atoms with E-state index in [1.807, 2.05) is 0 Å². The minimum Gasteiger partial charge on any atom is -0.378 e. The Bertz CT molecular complexity index is 285. The largest absolute Gasteiger partial charge is 0.378 e. The Morgan fingerprint density at radius 1 is 1.19 bits per heavy atom. The molecule has 1 atom stereocenters. The van der Waals surface area contributed by atoms with E-state index >= 15 is 0 Å².